The van der Waals surface area contributed by atoms with Crippen LogP contribution in [0.2, 0.25) is 0 Å². The molecule has 6 heteroatoms. The van der Waals surface area contributed by atoms with Crippen molar-refractivity contribution in [2.75, 3.05) is 31.7 Å². The van der Waals surface area contributed by atoms with Gasteiger partial charge in [0.25, 0.3) is 0 Å². The van der Waals surface area contributed by atoms with Gasteiger partial charge in [-0.05, 0) is 61.0 Å². The van der Waals surface area contributed by atoms with Gasteiger partial charge in [0, 0.05) is 31.3 Å². The van der Waals surface area contributed by atoms with Gasteiger partial charge in [0.05, 0.1) is 18.3 Å². The van der Waals surface area contributed by atoms with Crippen molar-refractivity contribution < 1.29 is 9.30 Å². The van der Waals surface area contributed by atoms with Crippen molar-refractivity contribution >= 4 is 27.8 Å². The molecule has 0 saturated carbocycles. The van der Waals surface area contributed by atoms with Crippen LogP contribution < -0.4 is 9.47 Å². The van der Waals surface area contributed by atoms with E-state index in [1.807, 2.05) is 17.6 Å². The van der Waals surface area contributed by atoms with Crippen LogP contribution in [-0.4, -0.2) is 26.8 Å². The standard InChI is InChI=1S/C17H25N4OS/c1-5-20(9-11-22-4)15-7-8-16(14(3)13-15)18-19-17-21(6-2)10-12-23-17/h7-8,10,12-13H,5-6,9,11H2,1-4H3/q+1. The molecule has 1 aromatic heterocycles. The minimum absolute atomic E-state index is 0.726. The zero-order valence-electron chi connectivity index (χ0n) is 14.3. The van der Waals surface area contributed by atoms with Gasteiger partial charge >= 0.3 is 5.13 Å². The minimum atomic E-state index is 0.726. The molecule has 124 valence electrons. The molecule has 2 aromatic rings. The summed E-state index contributed by atoms with van der Waals surface area (Å²) >= 11 is 1.60. The lowest BCUT2D eigenvalue weighted by Crippen LogP contribution is -2.28. The van der Waals surface area contributed by atoms with E-state index in [9.17, 15) is 0 Å². The zero-order valence-corrected chi connectivity index (χ0v) is 15.1. The Kier molecular flexibility index (Phi) is 6.67. The number of thiazole rings is 1. The number of hydrogen-bond acceptors (Lipinski definition) is 5. The summed E-state index contributed by atoms with van der Waals surface area (Å²) in [5.41, 5.74) is 3.23. The van der Waals surface area contributed by atoms with Crippen molar-refractivity contribution in [1.29, 1.82) is 0 Å². The second kappa shape index (κ2) is 8.74. The molecule has 0 radical (unpaired) electrons. The monoisotopic (exact) mass is 333 g/mol. The lowest BCUT2D eigenvalue weighted by Gasteiger charge is -2.23. The van der Waals surface area contributed by atoms with Gasteiger partial charge in [-0.15, -0.1) is 0 Å². The Morgan fingerprint density at radius 2 is 2.09 bits per heavy atom. The second-order valence-corrected chi connectivity index (χ2v) is 6.09. The van der Waals surface area contributed by atoms with E-state index in [-0.39, 0.29) is 0 Å². The third kappa shape index (κ3) is 4.59. The summed E-state index contributed by atoms with van der Waals surface area (Å²) in [5.74, 6) is 0. The van der Waals surface area contributed by atoms with Crippen LogP contribution >= 0.6 is 11.3 Å². The Morgan fingerprint density at radius 3 is 2.74 bits per heavy atom. The van der Waals surface area contributed by atoms with Gasteiger partial charge in [-0.3, -0.25) is 0 Å². The minimum Gasteiger partial charge on any atom is -0.383 e. The highest BCUT2D eigenvalue weighted by atomic mass is 32.1. The Morgan fingerprint density at radius 1 is 1.26 bits per heavy atom. The Bertz CT molecular complexity index is 654. The Hall–Kier alpha value is -1.79. The smallest absolute Gasteiger partial charge is 0.383 e. The highest BCUT2D eigenvalue weighted by Crippen LogP contribution is 2.26. The summed E-state index contributed by atoms with van der Waals surface area (Å²) in [6.07, 6.45) is 2.03. The average Bonchev–Trinajstić information content (AvgIpc) is 3.02. The first-order valence-electron chi connectivity index (χ1n) is 7.92. The first-order valence-corrected chi connectivity index (χ1v) is 8.80. The fraction of sp³-hybridized carbons (Fsp3) is 0.471. The fourth-order valence-electron chi connectivity index (χ4n) is 2.33. The molecule has 0 N–H and O–H groups in total. The van der Waals surface area contributed by atoms with Gasteiger partial charge in [-0.2, -0.15) is 0 Å². The number of likely N-dealkylation sites (N-methyl/N-ethyl adjacent to an activating group) is 1. The van der Waals surface area contributed by atoms with Crippen LogP contribution in [0.3, 0.4) is 0 Å². The number of hydrogen-bond donors (Lipinski definition) is 0. The van der Waals surface area contributed by atoms with Gasteiger partial charge in [0.1, 0.15) is 11.9 Å². The molecule has 0 bridgehead atoms. The van der Waals surface area contributed by atoms with Gasteiger partial charge in [-0.25, -0.2) is 4.57 Å². The lowest BCUT2D eigenvalue weighted by molar-refractivity contribution is -0.676. The highest BCUT2D eigenvalue weighted by Gasteiger charge is 2.11. The van der Waals surface area contributed by atoms with Gasteiger partial charge in [-0.1, -0.05) is 0 Å². The molecule has 0 aliphatic carbocycles. The first kappa shape index (κ1) is 17.6. The number of aromatic nitrogens is 1. The van der Waals surface area contributed by atoms with E-state index in [0.717, 1.165) is 42.6 Å². The number of rotatable bonds is 8. The van der Waals surface area contributed by atoms with E-state index in [0.29, 0.717) is 0 Å². The van der Waals surface area contributed by atoms with Crippen LogP contribution in [0.5, 0.6) is 0 Å². The van der Waals surface area contributed by atoms with Crippen LogP contribution in [0.4, 0.5) is 16.5 Å². The molecule has 0 aliphatic rings. The van der Waals surface area contributed by atoms with Crippen molar-refractivity contribution in [1.82, 2.24) is 0 Å². The van der Waals surface area contributed by atoms with Crippen LogP contribution in [0.15, 0.2) is 40.0 Å². The van der Waals surface area contributed by atoms with Crippen molar-refractivity contribution in [2.24, 2.45) is 10.2 Å². The number of methoxy groups -OCH3 is 1. The van der Waals surface area contributed by atoms with E-state index in [4.69, 9.17) is 4.74 Å². The summed E-state index contributed by atoms with van der Waals surface area (Å²) in [6.45, 7) is 9.80. The predicted molar refractivity (Wildman–Crippen MR) is 95.3 cm³/mol. The van der Waals surface area contributed by atoms with E-state index in [2.05, 4.69) is 52.6 Å². The molecule has 23 heavy (non-hydrogen) atoms. The largest absolute Gasteiger partial charge is 0.408 e. The van der Waals surface area contributed by atoms with E-state index in [1.165, 1.54) is 5.69 Å². The van der Waals surface area contributed by atoms with Gasteiger partial charge in [0.15, 0.2) is 0 Å². The number of nitrogens with zero attached hydrogens (tertiary/aromatic N) is 4. The molecular formula is C17H25N4OS+. The Labute approximate surface area is 142 Å². The number of ether oxygens (including phenoxy) is 1. The van der Waals surface area contributed by atoms with Crippen molar-refractivity contribution in [3.8, 4) is 0 Å². The maximum atomic E-state index is 5.17. The van der Waals surface area contributed by atoms with Crippen LogP contribution in [0.1, 0.15) is 19.4 Å². The molecule has 1 aromatic carbocycles. The molecule has 1 heterocycles. The number of azo groups is 1. The fourth-order valence-corrected chi connectivity index (χ4v) is 3.08. The zero-order chi connectivity index (χ0) is 16.7. The maximum absolute atomic E-state index is 5.17. The van der Waals surface area contributed by atoms with Crippen molar-refractivity contribution in [2.45, 2.75) is 27.3 Å². The molecule has 0 aliphatic heterocycles. The molecule has 0 saturated heterocycles. The maximum Gasteiger partial charge on any atom is 0.408 e. The molecule has 0 unspecified atom stereocenters. The van der Waals surface area contributed by atoms with Crippen molar-refractivity contribution in [3.63, 3.8) is 0 Å². The van der Waals surface area contributed by atoms with Crippen LogP contribution in [-0.2, 0) is 11.3 Å². The predicted octanol–water partition coefficient (Wildman–Crippen LogP) is 4.25. The third-order valence-electron chi connectivity index (χ3n) is 3.74. The average molecular weight is 333 g/mol. The topological polar surface area (TPSA) is 41.1 Å². The molecule has 0 amide bonds. The molecule has 5 nitrogen and oxygen atoms in total. The van der Waals surface area contributed by atoms with Gasteiger partial charge < -0.3 is 9.64 Å². The molecular weight excluding hydrogens is 308 g/mol. The van der Waals surface area contributed by atoms with E-state index in [1.54, 1.807) is 18.4 Å². The SMILES string of the molecule is CCN(CCOC)c1ccc(N=Nc2scc[n+]2CC)c(C)c1. The normalized spacial score (nSPS) is 11.3. The molecule has 0 fully saturated rings. The summed E-state index contributed by atoms with van der Waals surface area (Å²) in [7, 11) is 1.73. The first-order chi connectivity index (χ1) is 11.2. The molecule has 0 atom stereocenters. The number of benzene rings is 1. The molecule has 0 spiro atoms. The number of aryl methyl sites for hydroxylation is 2. The van der Waals surface area contributed by atoms with E-state index >= 15 is 0 Å². The van der Waals surface area contributed by atoms with Crippen molar-refractivity contribution in [3.05, 3.63) is 35.3 Å². The summed E-state index contributed by atoms with van der Waals surface area (Å²) in [4.78, 5) is 2.29. The summed E-state index contributed by atoms with van der Waals surface area (Å²) in [6, 6.07) is 6.30. The third-order valence-corrected chi connectivity index (χ3v) is 4.52. The van der Waals surface area contributed by atoms with Gasteiger partial charge in [0.2, 0.25) is 0 Å². The quantitative estimate of drug-likeness (QED) is 0.535. The molecule has 2 rings (SSSR count). The second-order valence-electron chi connectivity index (χ2n) is 5.21. The summed E-state index contributed by atoms with van der Waals surface area (Å²) in [5, 5.41) is 11.8. The van der Waals surface area contributed by atoms with Crippen LogP contribution in [0, 0.1) is 6.92 Å². The summed E-state index contributed by atoms with van der Waals surface area (Å²) < 4.78 is 7.26. The Balaban J connectivity index is 2.15. The highest BCUT2D eigenvalue weighted by molar-refractivity contribution is 7.12. The lowest BCUT2D eigenvalue weighted by atomic mass is 10.1. The van der Waals surface area contributed by atoms with Crippen LogP contribution in [0.25, 0.3) is 0 Å². The van der Waals surface area contributed by atoms with E-state index < -0.39 is 0 Å². The number of anilines is 1.